The second-order valence-electron chi connectivity index (χ2n) is 5.72. The maximum Gasteiger partial charge on any atom is 0.0230 e. The van der Waals surface area contributed by atoms with E-state index in [1.54, 1.807) is 0 Å². The van der Waals surface area contributed by atoms with Crippen molar-refractivity contribution in [2.45, 2.75) is 32.7 Å². The van der Waals surface area contributed by atoms with Crippen LogP contribution in [0.4, 0.5) is 0 Å². The van der Waals surface area contributed by atoms with Crippen molar-refractivity contribution in [1.82, 2.24) is 4.90 Å². The van der Waals surface area contributed by atoms with Crippen LogP contribution in [0.15, 0.2) is 24.3 Å². The summed E-state index contributed by atoms with van der Waals surface area (Å²) in [7, 11) is 2.20. The highest BCUT2D eigenvalue weighted by molar-refractivity contribution is 5.21. The van der Waals surface area contributed by atoms with Gasteiger partial charge >= 0.3 is 0 Å². The predicted molar refractivity (Wildman–Crippen MR) is 72.9 cm³/mol. The summed E-state index contributed by atoms with van der Waals surface area (Å²) in [4.78, 5) is 2.41. The highest BCUT2D eigenvalue weighted by Crippen LogP contribution is 2.40. The first-order valence-electron chi connectivity index (χ1n) is 6.58. The standard InChI is InChI=1S/C15H24N2/c1-13-4-6-14(7-5-13)10-17(2)12-15(11-16)8-3-9-15/h4-7H,3,8-12,16H2,1-2H3. The van der Waals surface area contributed by atoms with E-state index in [9.17, 15) is 0 Å². The minimum atomic E-state index is 0.416. The summed E-state index contributed by atoms with van der Waals surface area (Å²) in [5.41, 5.74) is 9.04. The van der Waals surface area contributed by atoms with E-state index in [0.29, 0.717) is 5.41 Å². The fourth-order valence-electron chi connectivity index (χ4n) is 2.74. The zero-order valence-corrected chi connectivity index (χ0v) is 11.1. The second-order valence-corrected chi connectivity index (χ2v) is 5.72. The molecule has 0 radical (unpaired) electrons. The van der Waals surface area contributed by atoms with Gasteiger partial charge in [0.1, 0.15) is 0 Å². The minimum Gasteiger partial charge on any atom is -0.330 e. The first-order valence-corrected chi connectivity index (χ1v) is 6.58. The molecule has 0 spiro atoms. The molecule has 1 aliphatic carbocycles. The Bertz CT molecular complexity index is 346. The Kier molecular flexibility index (Phi) is 3.85. The molecule has 0 unspecified atom stereocenters. The molecule has 0 bridgehead atoms. The first kappa shape index (κ1) is 12.6. The molecule has 0 atom stereocenters. The molecule has 0 saturated heterocycles. The van der Waals surface area contributed by atoms with Crippen molar-refractivity contribution in [2.24, 2.45) is 11.1 Å². The van der Waals surface area contributed by atoms with Crippen LogP contribution >= 0.6 is 0 Å². The lowest BCUT2D eigenvalue weighted by atomic mass is 9.68. The summed E-state index contributed by atoms with van der Waals surface area (Å²) in [5, 5.41) is 0. The molecule has 1 aromatic carbocycles. The molecular weight excluding hydrogens is 208 g/mol. The third kappa shape index (κ3) is 3.08. The van der Waals surface area contributed by atoms with Gasteiger partial charge in [-0.05, 0) is 44.3 Å². The number of nitrogens with two attached hydrogens (primary N) is 1. The summed E-state index contributed by atoms with van der Waals surface area (Å²) in [6, 6.07) is 8.82. The Morgan fingerprint density at radius 2 is 1.88 bits per heavy atom. The SMILES string of the molecule is Cc1ccc(CN(C)CC2(CN)CCC2)cc1. The zero-order chi connectivity index (χ0) is 12.3. The highest BCUT2D eigenvalue weighted by Gasteiger charge is 2.36. The van der Waals surface area contributed by atoms with E-state index >= 15 is 0 Å². The van der Waals surface area contributed by atoms with Crippen molar-refractivity contribution in [3.8, 4) is 0 Å². The van der Waals surface area contributed by atoms with Gasteiger partial charge in [0.15, 0.2) is 0 Å². The van der Waals surface area contributed by atoms with Crippen LogP contribution in [0.5, 0.6) is 0 Å². The van der Waals surface area contributed by atoms with Gasteiger partial charge < -0.3 is 10.6 Å². The number of hydrogen-bond donors (Lipinski definition) is 1. The molecule has 0 heterocycles. The van der Waals surface area contributed by atoms with Crippen LogP contribution in [0.25, 0.3) is 0 Å². The molecule has 0 aliphatic heterocycles. The largest absolute Gasteiger partial charge is 0.330 e. The number of benzene rings is 1. The number of aryl methyl sites for hydroxylation is 1. The Hall–Kier alpha value is -0.860. The summed E-state index contributed by atoms with van der Waals surface area (Å²) in [5.74, 6) is 0. The molecule has 1 saturated carbocycles. The Morgan fingerprint density at radius 3 is 2.35 bits per heavy atom. The zero-order valence-electron chi connectivity index (χ0n) is 11.1. The second kappa shape index (κ2) is 5.19. The van der Waals surface area contributed by atoms with E-state index in [4.69, 9.17) is 5.73 Å². The van der Waals surface area contributed by atoms with Crippen molar-refractivity contribution in [2.75, 3.05) is 20.1 Å². The molecule has 0 amide bonds. The Labute approximate surface area is 105 Å². The molecule has 2 rings (SSSR count). The van der Waals surface area contributed by atoms with Crippen molar-refractivity contribution in [3.05, 3.63) is 35.4 Å². The van der Waals surface area contributed by atoms with Crippen LogP contribution in [0.2, 0.25) is 0 Å². The molecule has 1 aliphatic rings. The van der Waals surface area contributed by atoms with Crippen LogP contribution in [-0.4, -0.2) is 25.0 Å². The number of rotatable bonds is 5. The van der Waals surface area contributed by atoms with Gasteiger partial charge in [-0.2, -0.15) is 0 Å². The summed E-state index contributed by atoms with van der Waals surface area (Å²) >= 11 is 0. The van der Waals surface area contributed by atoms with Gasteiger partial charge in [0.05, 0.1) is 0 Å². The van der Waals surface area contributed by atoms with Crippen molar-refractivity contribution in [1.29, 1.82) is 0 Å². The van der Waals surface area contributed by atoms with E-state index in [1.165, 1.54) is 30.4 Å². The fraction of sp³-hybridized carbons (Fsp3) is 0.600. The lowest BCUT2D eigenvalue weighted by Gasteiger charge is -2.43. The third-order valence-corrected chi connectivity index (χ3v) is 4.03. The van der Waals surface area contributed by atoms with Gasteiger partial charge in [-0.25, -0.2) is 0 Å². The quantitative estimate of drug-likeness (QED) is 0.845. The molecule has 2 heteroatoms. The van der Waals surface area contributed by atoms with E-state index in [1.807, 2.05) is 0 Å². The summed E-state index contributed by atoms with van der Waals surface area (Å²) < 4.78 is 0. The molecule has 94 valence electrons. The molecule has 1 fully saturated rings. The Balaban J connectivity index is 1.88. The van der Waals surface area contributed by atoms with Crippen molar-refractivity contribution < 1.29 is 0 Å². The topological polar surface area (TPSA) is 29.3 Å². The van der Waals surface area contributed by atoms with Crippen LogP contribution < -0.4 is 5.73 Å². The lowest BCUT2D eigenvalue weighted by Crippen LogP contribution is -2.45. The van der Waals surface area contributed by atoms with Crippen molar-refractivity contribution >= 4 is 0 Å². The lowest BCUT2D eigenvalue weighted by molar-refractivity contribution is 0.0845. The van der Waals surface area contributed by atoms with Gasteiger partial charge in [0.2, 0.25) is 0 Å². The fourth-order valence-corrected chi connectivity index (χ4v) is 2.74. The van der Waals surface area contributed by atoms with Gasteiger partial charge in [-0.3, -0.25) is 0 Å². The van der Waals surface area contributed by atoms with Crippen molar-refractivity contribution in [3.63, 3.8) is 0 Å². The van der Waals surface area contributed by atoms with E-state index in [2.05, 4.69) is 43.1 Å². The van der Waals surface area contributed by atoms with Crippen LogP contribution in [0, 0.1) is 12.3 Å². The van der Waals surface area contributed by atoms with E-state index in [0.717, 1.165) is 19.6 Å². The molecule has 17 heavy (non-hydrogen) atoms. The van der Waals surface area contributed by atoms with Crippen LogP contribution in [-0.2, 0) is 6.54 Å². The number of nitrogens with zero attached hydrogens (tertiary/aromatic N) is 1. The van der Waals surface area contributed by atoms with Gasteiger partial charge in [0, 0.05) is 13.1 Å². The molecule has 2 nitrogen and oxygen atoms in total. The first-order chi connectivity index (χ1) is 8.13. The van der Waals surface area contributed by atoms with E-state index < -0.39 is 0 Å². The molecule has 0 aromatic heterocycles. The third-order valence-electron chi connectivity index (χ3n) is 4.03. The maximum absolute atomic E-state index is 5.90. The summed E-state index contributed by atoms with van der Waals surface area (Å²) in [6.07, 6.45) is 3.97. The normalized spacial score (nSPS) is 18.1. The van der Waals surface area contributed by atoms with Gasteiger partial charge in [-0.1, -0.05) is 36.2 Å². The van der Waals surface area contributed by atoms with Crippen LogP contribution in [0.1, 0.15) is 30.4 Å². The smallest absolute Gasteiger partial charge is 0.0230 e. The molecule has 1 aromatic rings. The predicted octanol–water partition coefficient (Wildman–Crippen LogP) is 2.56. The molecule has 2 N–H and O–H groups in total. The average Bonchev–Trinajstić information content (AvgIpc) is 2.27. The highest BCUT2D eigenvalue weighted by atomic mass is 15.1. The van der Waals surface area contributed by atoms with Gasteiger partial charge in [-0.15, -0.1) is 0 Å². The average molecular weight is 232 g/mol. The van der Waals surface area contributed by atoms with E-state index in [-0.39, 0.29) is 0 Å². The summed E-state index contributed by atoms with van der Waals surface area (Å²) in [6.45, 7) is 5.13. The minimum absolute atomic E-state index is 0.416. The number of hydrogen-bond acceptors (Lipinski definition) is 2. The Morgan fingerprint density at radius 1 is 1.24 bits per heavy atom. The van der Waals surface area contributed by atoms with Crippen LogP contribution in [0.3, 0.4) is 0 Å². The monoisotopic (exact) mass is 232 g/mol. The molecular formula is C15H24N2. The van der Waals surface area contributed by atoms with Gasteiger partial charge in [0.25, 0.3) is 0 Å². The maximum atomic E-state index is 5.90.